The van der Waals surface area contributed by atoms with Crippen molar-refractivity contribution < 1.29 is 4.79 Å². The number of hydrogen-bond acceptors (Lipinski definition) is 4. The van der Waals surface area contributed by atoms with Crippen LogP contribution in [-0.4, -0.2) is 52.7 Å². The number of rotatable bonds is 9. The number of carbonyl (C=O) groups excluding carboxylic acids is 1. The molecule has 0 radical (unpaired) electrons. The van der Waals surface area contributed by atoms with Gasteiger partial charge in [0, 0.05) is 38.1 Å². The third-order valence-electron chi connectivity index (χ3n) is 6.84. The van der Waals surface area contributed by atoms with Gasteiger partial charge in [-0.1, -0.05) is 48.5 Å². The van der Waals surface area contributed by atoms with Crippen LogP contribution in [0.3, 0.4) is 0 Å². The molecule has 0 unspecified atom stereocenters. The van der Waals surface area contributed by atoms with Crippen molar-refractivity contribution in [2.24, 2.45) is 5.73 Å². The Hall–Kier alpha value is -3.48. The van der Waals surface area contributed by atoms with Gasteiger partial charge in [0.1, 0.15) is 0 Å². The van der Waals surface area contributed by atoms with Crippen LogP contribution in [0.1, 0.15) is 54.3 Å². The summed E-state index contributed by atoms with van der Waals surface area (Å²) >= 11 is 0. The summed E-state index contributed by atoms with van der Waals surface area (Å²) in [5.74, 6) is -0.0136. The van der Waals surface area contributed by atoms with E-state index in [0.717, 1.165) is 40.7 Å². The normalized spacial score (nSPS) is 12.4. The quantitative estimate of drug-likeness (QED) is 0.341. The summed E-state index contributed by atoms with van der Waals surface area (Å²) in [5.41, 5.74) is 11.8. The predicted octanol–water partition coefficient (Wildman–Crippen LogP) is 5.51. The van der Waals surface area contributed by atoms with E-state index in [1.165, 1.54) is 5.56 Å². The third-order valence-corrected chi connectivity index (χ3v) is 6.84. The van der Waals surface area contributed by atoms with Crippen LogP contribution >= 0.6 is 0 Å². The van der Waals surface area contributed by atoms with Gasteiger partial charge in [-0.15, -0.1) is 0 Å². The lowest BCUT2D eigenvalue weighted by Crippen LogP contribution is -2.29. The van der Waals surface area contributed by atoms with Crippen molar-refractivity contribution in [3.8, 4) is 11.1 Å². The second kappa shape index (κ2) is 11.1. The molecule has 6 nitrogen and oxygen atoms in total. The molecule has 3 aromatic carbocycles. The van der Waals surface area contributed by atoms with Gasteiger partial charge in [0.25, 0.3) is 5.91 Å². The maximum atomic E-state index is 13.9. The highest BCUT2D eigenvalue weighted by Crippen LogP contribution is 2.32. The molecule has 0 bridgehead atoms. The highest BCUT2D eigenvalue weighted by Gasteiger charge is 2.23. The molecule has 1 aromatic heterocycles. The van der Waals surface area contributed by atoms with Crippen LogP contribution in [0.4, 0.5) is 0 Å². The molecule has 4 rings (SSSR count). The topological polar surface area (TPSA) is 67.4 Å². The lowest BCUT2D eigenvalue weighted by molar-refractivity contribution is 0.0744. The average molecular weight is 484 g/mol. The number of hydrogen-bond donors (Lipinski definition) is 1. The molecule has 1 amide bonds. The Labute approximate surface area is 214 Å². The van der Waals surface area contributed by atoms with Crippen molar-refractivity contribution in [2.75, 3.05) is 27.2 Å². The van der Waals surface area contributed by atoms with E-state index in [1.54, 1.807) is 0 Å². The van der Waals surface area contributed by atoms with Crippen LogP contribution in [0.2, 0.25) is 0 Å². The summed E-state index contributed by atoms with van der Waals surface area (Å²) < 4.78 is 2.00. The fourth-order valence-corrected chi connectivity index (χ4v) is 4.68. The molecule has 0 saturated carbocycles. The van der Waals surface area contributed by atoms with Crippen LogP contribution in [0, 0.1) is 0 Å². The second-order valence-corrected chi connectivity index (χ2v) is 9.87. The van der Waals surface area contributed by atoms with Crippen molar-refractivity contribution >= 4 is 16.8 Å². The monoisotopic (exact) mass is 483 g/mol. The first-order valence-electron chi connectivity index (χ1n) is 12.6. The number of amides is 1. The molecule has 0 aliphatic rings. The van der Waals surface area contributed by atoms with E-state index >= 15 is 0 Å². The third kappa shape index (κ3) is 5.35. The Morgan fingerprint density at radius 3 is 2.42 bits per heavy atom. The highest BCUT2D eigenvalue weighted by atomic mass is 16.2. The summed E-state index contributed by atoms with van der Waals surface area (Å²) in [4.78, 5) is 17.9. The van der Waals surface area contributed by atoms with Gasteiger partial charge in [-0.05, 0) is 68.3 Å². The van der Waals surface area contributed by atoms with Crippen LogP contribution in [0.25, 0.3) is 22.0 Å². The van der Waals surface area contributed by atoms with Gasteiger partial charge in [0.15, 0.2) is 0 Å². The number of nitrogens with zero attached hydrogens (tertiary/aromatic N) is 4. The predicted molar refractivity (Wildman–Crippen MR) is 148 cm³/mol. The zero-order valence-corrected chi connectivity index (χ0v) is 22.0. The summed E-state index contributed by atoms with van der Waals surface area (Å²) in [6, 6.07) is 22.9. The van der Waals surface area contributed by atoms with E-state index in [-0.39, 0.29) is 18.0 Å². The average Bonchev–Trinajstić information content (AvgIpc) is 3.32. The molecule has 1 atom stereocenters. The number of nitrogens with two attached hydrogens (primary N) is 1. The van der Waals surface area contributed by atoms with Crippen molar-refractivity contribution in [1.82, 2.24) is 19.6 Å². The van der Waals surface area contributed by atoms with E-state index in [4.69, 9.17) is 5.73 Å². The summed E-state index contributed by atoms with van der Waals surface area (Å²) in [6.45, 7) is 8.57. The van der Waals surface area contributed by atoms with E-state index in [2.05, 4.69) is 80.3 Å². The maximum Gasteiger partial charge on any atom is 0.254 e. The fraction of sp³-hybridized carbons (Fsp3) is 0.333. The summed E-state index contributed by atoms with van der Waals surface area (Å²) in [6.07, 6.45) is 1.82. The molecular formula is C30H37N5O. The first kappa shape index (κ1) is 25.6. The van der Waals surface area contributed by atoms with Gasteiger partial charge in [-0.25, -0.2) is 0 Å². The minimum absolute atomic E-state index is 0.0136. The highest BCUT2D eigenvalue weighted by molar-refractivity contribution is 6.08. The van der Waals surface area contributed by atoms with Crippen molar-refractivity contribution in [1.29, 1.82) is 0 Å². The number of likely N-dealkylation sites (N-methyl/N-ethyl adjacent to an activating group) is 1. The zero-order valence-electron chi connectivity index (χ0n) is 22.0. The molecule has 0 aliphatic heterocycles. The molecule has 188 valence electrons. The van der Waals surface area contributed by atoms with Crippen molar-refractivity contribution in [2.45, 2.75) is 39.4 Å². The van der Waals surface area contributed by atoms with Gasteiger partial charge in [-0.3, -0.25) is 9.48 Å². The molecule has 6 heteroatoms. The minimum atomic E-state index is -0.0565. The maximum absolute atomic E-state index is 13.9. The number of carbonyl (C=O) groups is 1. The van der Waals surface area contributed by atoms with Crippen molar-refractivity contribution in [3.05, 3.63) is 89.6 Å². The van der Waals surface area contributed by atoms with Gasteiger partial charge in [0.05, 0.1) is 23.3 Å². The Morgan fingerprint density at radius 1 is 0.972 bits per heavy atom. The van der Waals surface area contributed by atoms with Crippen molar-refractivity contribution in [3.63, 3.8) is 0 Å². The minimum Gasteiger partial charge on any atom is -0.335 e. The number of benzene rings is 3. The van der Waals surface area contributed by atoms with E-state index < -0.39 is 0 Å². The zero-order chi connectivity index (χ0) is 25.8. The van der Waals surface area contributed by atoms with Gasteiger partial charge in [-0.2, -0.15) is 5.10 Å². The Kier molecular flexibility index (Phi) is 7.87. The molecular weight excluding hydrogens is 446 g/mol. The molecule has 0 saturated heterocycles. The van der Waals surface area contributed by atoms with Crippen LogP contribution < -0.4 is 5.73 Å². The van der Waals surface area contributed by atoms with Crippen LogP contribution in [0.5, 0.6) is 0 Å². The molecule has 0 fully saturated rings. The summed E-state index contributed by atoms with van der Waals surface area (Å²) in [5, 5.41) is 5.52. The number of aromatic nitrogens is 2. The first-order valence-corrected chi connectivity index (χ1v) is 12.6. The second-order valence-electron chi connectivity index (χ2n) is 9.87. The fourth-order valence-electron chi connectivity index (χ4n) is 4.68. The number of fused-ring (bicyclic) bond motifs is 1. The van der Waals surface area contributed by atoms with Crippen LogP contribution in [-0.2, 0) is 6.54 Å². The van der Waals surface area contributed by atoms with E-state index in [0.29, 0.717) is 12.1 Å². The molecule has 2 N–H and O–H groups in total. The molecule has 0 aliphatic carbocycles. The SMILES string of the molecule is CC(C)n1ncc2c(C(=O)N(C)[C@@H](C)c3ccccc3)cc(-c3cccc(CN(C)CCN)c3)cc21. The molecule has 1 heterocycles. The first-order chi connectivity index (χ1) is 17.3. The van der Waals surface area contributed by atoms with Gasteiger partial charge >= 0.3 is 0 Å². The van der Waals surface area contributed by atoms with Gasteiger partial charge < -0.3 is 15.5 Å². The van der Waals surface area contributed by atoms with E-state index in [9.17, 15) is 4.79 Å². The van der Waals surface area contributed by atoms with E-state index in [1.807, 2.05) is 47.1 Å². The molecule has 4 aromatic rings. The Balaban J connectivity index is 1.78. The summed E-state index contributed by atoms with van der Waals surface area (Å²) in [7, 11) is 3.95. The van der Waals surface area contributed by atoms with Crippen LogP contribution in [0.15, 0.2) is 72.9 Å². The Morgan fingerprint density at radius 2 is 1.72 bits per heavy atom. The lowest BCUT2D eigenvalue weighted by Gasteiger charge is -2.26. The smallest absolute Gasteiger partial charge is 0.254 e. The standard InChI is InChI=1S/C30H37N5O/c1-21(2)35-29-18-26(25-13-9-10-23(16-25)20-33(4)15-14-31)17-27(28(29)19-32-35)30(36)34(5)22(3)24-11-7-6-8-12-24/h6-13,16-19,21-22H,14-15,20,31H2,1-5H3/t22-/m0/s1. The molecule has 0 spiro atoms. The Bertz CT molecular complexity index is 1330. The largest absolute Gasteiger partial charge is 0.335 e. The lowest BCUT2D eigenvalue weighted by atomic mass is 9.97. The van der Waals surface area contributed by atoms with Gasteiger partial charge in [0.2, 0.25) is 0 Å². The molecule has 36 heavy (non-hydrogen) atoms.